The summed E-state index contributed by atoms with van der Waals surface area (Å²) < 4.78 is 27.2. The predicted molar refractivity (Wildman–Crippen MR) is 75.7 cm³/mol. The van der Waals surface area contributed by atoms with E-state index in [1.54, 1.807) is 11.9 Å². The summed E-state index contributed by atoms with van der Waals surface area (Å²) in [6, 6.07) is 3.71. The van der Waals surface area contributed by atoms with E-state index in [1.807, 2.05) is 6.92 Å². The van der Waals surface area contributed by atoms with Gasteiger partial charge in [-0.15, -0.1) is 12.4 Å². The molecular weight excluding hydrogens is 286 g/mol. The second kappa shape index (κ2) is 6.50. The molecule has 3 nitrogen and oxygen atoms in total. The van der Waals surface area contributed by atoms with Crippen molar-refractivity contribution in [1.82, 2.24) is 4.90 Å². The lowest BCUT2D eigenvalue weighted by molar-refractivity contribution is -0.133. The highest BCUT2D eigenvalue weighted by Crippen LogP contribution is 2.50. The molecule has 0 spiro atoms. The number of hydrogen-bond acceptors (Lipinski definition) is 2. The quantitative estimate of drug-likeness (QED) is 0.928. The third-order valence-corrected chi connectivity index (χ3v) is 3.83. The van der Waals surface area contributed by atoms with Crippen LogP contribution < -0.4 is 5.73 Å². The minimum Gasteiger partial charge on any atom is -0.342 e. The van der Waals surface area contributed by atoms with Crippen LogP contribution in [0.1, 0.15) is 24.8 Å². The lowest BCUT2D eigenvalue weighted by atomic mass is 10.1. The van der Waals surface area contributed by atoms with Gasteiger partial charge in [-0.1, -0.05) is 6.07 Å². The molecule has 0 radical (unpaired) electrons. The number of carbonyl (C=O) groups excluding carboxylic acids is 1. The predicted octanol–water partition coefficient (Wildman–Crippen LogP) is 2.30. The number of rotatable bonds is 4. The maximum absolute atomic E-state index is 13.6. The Hall–Kier alpha value is -1.20. The van der Waals surface area contributed by atoms with Crippen molar-refractivity contribution in [1.29, 1.82) is 0 Å². The minimum absolute atomic E-state index is 0. The van der Waals surface area contributed by atoms with Gasteiger partial charge in [-0.25, -0.2) is 8.78 Å². The Morgan fingerprint density at radius 1 is 1.45 bits per heavy atom. The van der Waals surface area contributed by atoms with E-state index in [2.05, 4.69) is 0 Å². The lowest BCUT2D eigenvalue weighted by Crippen LogP contribution is -2.40. The van der Waals surface area contributed by atoms with E-state index >= 15 is 0 Å². The molecule has 1 saturated carbocycles. The molecule has 0 saturated heterocycles. The van der Waals surface area contributed by atoms with Crippen LogP contribution in [0, 0.1) is 17.6 Å². The van der Waals surface area contributed by atoms with Crippen LogP contribution in [0.3, 0.4) is 0 Å². The standard InChI is InChI=1S/C14H18F2N2O.ClH/c1-8(7-17)18(2)14(19)10-6-9(10)13-11(15)4-3-5-12(13)16;/h3-5,8-10H,6-7,17H2,1-2H3;1H. The molecule has 0 heterocycles. The Kier molecular flexibility index (Phi) is 5.48. The first-order valence-corrected chi connectivity index (χ1v) is 6.38. The van der Waals surface area contributed by atoms with Crippen LogP contribution in [-0.2, 0) is 4.79 Å². The molecule has 1 amide bonds. The normalized spacial score (nSPS) is 21.9. The molecule has 20 heavy (non-hydrogen) atoms. The number of nitrogens with zero attached hydrogens (tertiary/aromatic N) is 1. The van der Waals surface area contributed by atoms with Gasteiger partial charge >= 0.3 is 0 Å². The zero-order valence-corrected chi connectivity index (χ0v) is 12.3. The van der Waals surface area contributed by atoms with E-state index in [4.69, 9.17) is 5.73 Å². The molecular formula is C14H19ClF2N2O. The summed E-state index contributed by atoms with van der Waals surface area (Å²) in [4.78, 5) is 13.7. The van der Waals surface area contributed by atoms with Crippen LogP contribution in [0.5, 0.6) is 0 Å². The summed E-state index contributed by atoms with van der Waals surface area (Å²) in [6.45, 7) is 2.21. The maximum Gasteiger partial charge on any atom is 0.226 e. The highest BCUT2D eigenvalue weighted by atomic mass is 35.5. The van der Waals surface area contributed by atoms with Gasteiger partial charge in [0.25, 0.3) is 0 Å². The Bertz CT molecular complexity index is 478. The van der Waals surface area contributed by atoms with Crippen LogP contribution in [0.4, 0.5) is 8.78 Å². The first-order valence-electron chi connectivity index (χ1n) is 6.38. The van der Waals surface area contributed by atoms with Crippen molar-refractivity contribution in [3.63, 3.8) is 0 Å². The molecule has 2 rings (SSSR count). The lowest BCUT2D eigenvalue weighted by Gasteiger charge is -2.23. The maximum atomic E-state index is 13.6. The summed E-state index contributed by atoms with van der Waals surface area (Å²) >= 11 is 0. The van der Waals surface area contributed by atoms with Crippen molar-refractivity contribution in [2.75, 3.05) is 13.6 Å². The zero-order valence-electron chi connectivity index (χ0n) is 11.5. The average Bonchev–Trinajstić information content (AvgIpc) is 3.16. The molecule has 112 valence electrons. The fourth-order valence-electron chi connectivity index (χ4n) is 2.29. The van der Waals surface area contributed by atoms with Crippen molar-refractivity contribution in [2.24, 2.45) is 11.7 Å². The molecule has 0 aliphatic heterocycles. The summed E-state index contributed by atoms with van der Waals surface area (Å²) in [5, 5.41) is 0. The summed E-state index contributed by atoms with van der Waals surface area (Å²) in [5.74, 6) is -1.92. The molecule has 1 fully saturated rings. The summed E-state index contributed by atoms with van der Waals surface area (Å²) in [7, 11) is 1.67. The molecule has 3 atom stereocenters. The Labute approximate surface area is 123 Å². The van der Waals surface area contributed by atoms with Crippen molar-refractivity contribution in [3.05, 3.63) is 35.4 Å². The zero-order chi connectivity index (χ0) is 14.2. The van der Waals surface area contributed by atoms with Gasteiger partial charge in [0, 0.05) is 37.0 Å². The highest BCUT2D eigenvalue weighted by Gasteiger charge is 2.48. The molecule has 3 unspecified atom stereocenters. The van der Waals surface area contributed by atoms with Gasteiger partial charge in [0.15, 0.2) is 0 Å². The number of carbonyl (C=O) groups is 1. The van der Waals surface area contributed by atoms with E-state index in [0.717, 1.165) is 0 Å². The SMILES string of the molecule is CC(CN)N(C)C(=O)C1CC1c1c(F)cccc1F.Cl. The van der Waals surface area contributed by atoms with Crippen molar-refractivity contribution in [2.45, 2.75) is 25.3 Å². The largest absolute Gasteiger partial charge is 0.342 e. The van der Waals surface area contributed by atoms with Gasteiger partial charge in [-0.05, 0) is 25.5 Å². The number of likely N-dealkylation sites (N-methyl/N-ethyl adjacent to an activating group) is 1. The molecule has 1 aliphatic carbocycles. The number of amides is 1. The average molecular weight is 305 g/mol. The number of benzene rings is 1. The van der Waals surface area contributed by atoms with Gasteiger partial charge in [0.05, 0.1) is 0 Å². The molecule has 2 N–H and O–H groups in total. The summed E-state index contributed by atoms with van der Waals surface area (Å²) in [5.41, 5.74) is 5.55. The first kappa shape index (κ1) is 16.9. The second-order valence-electron chi connectivity index (χ2n) is 5.12. The van der Waals surface area contributed by atoms with Crippen molar-refractivity contribution in [3.8, 4) is 0 Å². The fraction of sp³-hybridized carbons (Fsp3) is 0.500. The van der Waals surface area contributed by atoms with Crippen LogP contribution in [0.25, 0.3) is 0 Å². The second-order valence-corrected chi connectivity index (χ2v) is 5.12. The third kappa shape index (κ3) is 3.10. The Morgan fingerprint density at radius 3 is 2.50 bits per heavy atom. The van der Waals surface area contributed by atoms with E-state index in [9.17, 15) is 13.6 Å². The number of nitrogens with two attached hydrogens (primary N) is 1. The smallest absolute Gasteiger partial charge is 0.226 e. The first-order chi connectivity index (χ1) is 8.97. The minimum atomic E-state index is -0.574. The van der Waals surface area contributed by atoms with E-state index in [-0.39, 0.29) is 41.8 Å². The molecule has 0 aromatic heterocycles. The molecule has 1 aromatic carbocycles. The topological polar surface area (TPSA) is 46.3 Å². The Morgan fingerprint density at radius 2 is 2.00 bits per heavy atom. The van der Waals surface area contributed by atoms with Crippen LogP contribution in [0.15, 0.2) is 18.2 Å². The number of halogens is 3. The Balaban J connectivity index is 0.00000200. The van der Waals surface area contributed by atoms with Crippen molar-refractivity contribution >= 4 is 18.3 Å². The number of hydrogen-bond donors (Lipinski definition) is 1. The van der Waals surface area contributed by atoms with Crippen molar-refractivity contribution < 1.29 is 13.6 Å². The van der Waals surface area contributed by atoms with E-state index in [0.29, 0.717) is 13.0 Å². The summed E-state index contributed by atoms with van der Waals surface area (Å²) in [6.07, 6.45) is 0.498. The molecule has 6 heteroatoms. The monoisotopic (exact) mass is 304 g/mol. The molecule has 1 aromatic rings. The van der Waals surface area contributed by atoms with Gasteiger partial charge in [0.2, 0.25) is 5.91 Å². The van der Waals surface area contributed by atoms with Gasteiger partial charge in [-0.3, -0.25) is 4.79 Å². The molecule has 1 aliphatic rings. The van der Waals surface area contributed by atoms with Gasteiger partial charge in [0.1, 0.15) is 11.6 Å². The van der Waals surface area contributed by atoms with E-state index in [1.165, 1.54) is 18.2 Å². The van der Waals surface area contributed by atoms with Gasteiger partial charge < -0.3 is 10.6 Å². The third-order valence-electron chi connectivity index (χ3n) is 3.83. The van der Waals surface area contributed by atoms with Crippen LogP contribution in [-0.4, -0.2) is 30.4 Å². The fourth-order valence-corrected chi connectivity index (χ4v) is 2.29. The van der Waals surface area contributed by atoms with Gasteiger partial charge in [-0.2, -0.15) is 0 Å². The molecule has 0 bridgehead atoms. The van der Waals surface area contributed by atoms with Crippen LogP contribution >= 0.6 is 12.4 Å². The van der Waals surface area contributed by atoms with Crippen LogP contribution in [0.2, 0.25) is 0 Å². The van der Waals surface area contributed by atoms with E-state index < -0.39 is 11.6 Å². The highest BCUT2D eigenvalue weighted by molar-refractivity contribution is 5.85.